The van der Waals surface area contributed by atoms with E-state index in [2.05, 4.69) is 15.8 Å². The van der Waals surface area contributed by atoms with Gasteiger partial charge < -0.3 is 14.8 Å². The maximum atomic E-state index is 12.0. The summed E-state index contributed by atoms with van der Waals surface area (Å²) in [6.45, 7) is 2.85. The molecule has 9 heteroatoms. The Morgan fingerprint density at radius 3 is 2.15 bits per heavy atom. The molecular formula is C25H23Cl2N3O4. The Bertz CT molecular complexity index is 1130. The lowest BCUT2D eigenvalue weighted by Crippen LogP contribution is -2.32. The number of nitrogens with one attached hydrogen (secondary N) is 2. The molecule has 0 unspecified atom stereocenters. The summed E-state index contributed by atoms with van der Waals surface area (Å²) in [6, 6.07) is 19.0. The van der Waals surface area contributed by atoms with Crippen LogP contribution in [0.25, 0.3) is 0 Å². The highest BCUT2D eigenvalue weighted by molar-refractivity contribution is 6.39. The van der Waals surface area contributed by atoms with E-state index in [1.165, 1.54) is 6.21 Å². The molecule has 0 radical (unpaired) electrons. The van der Waals surface area contributed by atoms with Crippen molar-refractivity contribution in [1.82, 2.24) is 5.43 Å². The second-order valence-electron chi connectivity index (χ2n) is 7.08. The van der Waals surface area contributed by atoms with Crippen molar-refractivity contribution in [3.63, 3.8) is 0 Å². The number of hydrogen-bond acceptors (Lipinski definition) is 5. The molecule has 2 amide bonds. The highest BCUT2D eigenvalue weighted by atomic mass is 35.5. The van der Waals surface area contributed by atoms with Crippen LogP contribution in [0.3, 0.4) is 0 Å². The molecule has 0 atom stereocenters. The summed E-state index contributed by atoms with van der Waals surface area (Å²) in [6.07, 6.45) is 2.32. The van der Waals surface area contributed by atoms with E-state index < -0.39 is 11.8 Å². The molecular weight excluding hydrogens is 477 g/mol. The minimum Gasteiger partial charge on any atom is -0.494 e. The molecule has 0 heterocycles. The number of anilines is 1. The van der Waals surface area contributed by atoms with Crippen LogP contribution in [0.15, 0.2) is 71.8 Å². The second-order valence-corrected chi connectivity index (χ2v) is 7.90. The lowest BCUT2D eigenvalue weighted by atomic mass is 10.2. The van der Waals surface area contributed by atoms with Gasteiger partial charge in [0.15, 0.2) is 0 Å². The van der Waals surface area contributed by atoms with Gasteiger partial charge >= 0.3 is 11.8 Å². The van der Waals surface area contributed by atoms with Crippen LogP contribution in [0.5, 0.6) is 11.5 Å². The third kappa shape index (κ3) is 7.50. The van der Waals surface area contributed by atoms with Crippen molar-refractivity contribution >= 4 is 46.9 Å². The number of carbonyl (C=O) groups excluding carboxylic acids is 2. The van der Waals surface area contributed by atoms with Gasteiger partial charge in [0.25, 0.3) is 0 Å². The van der Waals surface area contributed by atoms with Crippen LogP contribution >= 0.6 is 23.2 Å². The summed E-state index contributed by atoms with van der Waals surface area (Å²) < 4.78 is 11.2. The molecule has 0 aliphatic heterocycles. The van der Waals surface area contributed by atoms with Gasteiger partial charge in [0.05, 0.1) is 12.8 Å². The average Bonchev–Trinajstić information content (AvgIpc) is 2.84. The number of hydrazone groups is 1. The van der Waals surface area contributed by atoms with E-state index in [1.54, 1.807) is 66.7 Å². The quantitative estimate of drug-likeness (QED) is 0.232. The lowest BCUT2D eigenvalue weighted by Gasteiger charge is -2.09. The second kappa shape index (κ2) is 12.6. The number of carbonyl (C=O) groups is 2. The topological polar surface area (TPSA) is 89.0 Å². The van der Waals surface area contributed by atoms with Gasteiger partial charge in [0, 0.05) is 21.3 Å². The number of rotatable bonds is 9. The van der Waals surface area contributed by atoms with E-state index in [1.807, 2.05) is 6.92 Å². The highest BCUT2D eigenvalue weighted by Crippen LogP contribution is 2.26. The Morgan fingerprint density at radius 1 is 0.882 bits per heavy atom. The fraction of sp³-hybridized carbons (Fsp3) is 0.160. The Labute approximate surface area is 207 Å². The molecule has 176 valence electrons. The average molecular weight is 500 g/mol. The third-order valence-electron chi connectivity index (χ3n) is 4.50. The summed E-state index contributed by atoms with van der Waals surface area (Å²) in [4.78, 5) is 24.0. The first-order valence-electron chi connectivity index (χ1n) is 10.5. The van der Waals surface area contributed by atoms with Crippen molar-refractivity contribution in [3.05, 3.63) is 87.9 Å². The fourth-order valence-electron chi connectivity index (χ4n) is 2.73. The summed E-state index contributed by atoms with van der Waals surface area (Å²) in [7, 11) is 0. The predicted molar refractivity (Wildman–Crippen MR) is 134 cm³/mol. The number of amides is 2. The molecule has 0 bridgehead atoms. The molecule has 0 aliphatic carbocycles. The minimum absolute atomic E-state index is 0.228. The Morgan fingerprint density at radius 2 is 1.50 bits per heavy atom. The van der Waals surface area contributed by atoms with Gasteiger partial charge in [-0.25, -0.2) is 5.43 Å². The van der Waals surface area contributed by atoms with Crippen molar-refractivity contribution in [1.29, 1.82) is 0 Å². The first-order valence-corrected chi connectivity index (χ1v) is 11.2. The number of ether oxygens (including phenoxy) is 2. The standard InChI is InChI=1S/C25H23Cl2N3O4/c1-2-14-33-19-12-8-18(9-13-19)29-24(31)25(32)30-28-15-17-6-10-20(11-7-17)34-16-21-22(26)4-3-5-23(21)27/h3-13,15H,2,14,16H2,1H3,(H,29,31)(H,30,32)/b28-15-. The molecule has 0 spiro atoms. The molecule has 0 saturated carbocycles. The minimum atomic E-state index is -0.890. The smallest absolute Gasteiger partial charge is 0.329 e. The van der Waals surface area contributed by atoms with E-state index in [4.69, 9.17) is 32.7 Å². The molecule has 34 heavy (non-hydrogen) atoms. The molecule has 0 fully saturated rings. The molecule has 0 aliphatic rings. The van der Waals surface area contributed by atoms with Gasteiger partial charge in [-0.05, 0) is 72.6 Å². The zero-order valence-corrected chi connectivity index (χ0v) is 19.9. The molecule has 3 rings (SSSR count). The highest BCUT2D eigenvalue weighted by Gasteiger charge is 2.13. The van der Waals surface area contributed by atoms with Crippen LogP contribution in [0.1, 0.15) is 24.5 Å². The van der Waals surface area contributed by atoms with Crippen molar-refractivity contribution in [3.8, 4) is 11.5 Å². The maximum absolute atomic E-state index is 12.0. The maximum Gasteiger partial charge on any atom is 0.329 e. The zero-order valence-electron chi connectivity index (χ0n) is 18.4. The predicted octanol–water partition coefficient (Wildman–Crippen LogP) is 5.45. The number of benzene rings is 3. The van der Waals surface area contributed by atoms with Crippen LogP contribution in [-0.2, 0) is 16.2 Å². The molecule has 3 aromatic rings. The summed E-state index contributed by atoms with van der Waals surface area (Å²) in [5.74, 6) is -0.416. The van der Waals surface area contributed by atoms with E-state index >= 15 is 0 Å². The largest absolute Gasteiger partial charge is 0.494 e. The Hall–Kier alpha value is -3.55. The van der Waals surface area contributed by atoms with Gasteiger partial charge in [-0.15, -0.1) is 0 Å². The van der Waals surface area contributed by atoms with Crippen molar-refractivity contribution < 1.29 is 19.1 Å². The van der Waals surface area contributed by atoms with E-state index in [0.717, 1.165) is 6.42 Å². The van der Waals surface area contributed by atoms with Crippen molar-refractivity contribution in [2.24, 2.45) is 5.10 Å². The summed E-state index contributed by atoms with van der Waals surface area (Å²) >= 11 is 12.3. The molecule has 0 saturated heterocycles. The van der Waals surface area contributed by atoms with Crippen molar-refractivity contribution in [2.75, 3.05) is 11.9 Å². The van der Waals surface area contributed by atoms with Crippen LogP contribution in [0, 0.1) is 0 Å². The lowest BCUT2D eigenvalue weighted by molar-refractivity contribution is -0.136. The Balaban J connectivity index is 1.46. The zero-order chi connectivity index (χ0) is 24.3. The number of nitrogens with zero attached hydrogens (tertiary/aromatic N) is 1. The molecule has 7 nitrogen and oxygen atoms in total. The fourth-order valence-corrected chi connectivity index (χ4v) is 3.24. The monoisotopic (exact) mass is 499 g/mol. The Kier molecular flexibility index (Phi) is 9.31. The normalized spacial score (nSPS) is 10.7. The van der Waals surface area contributed by atoms with Gasteiger partial charge in [-0.1, -0.05) is 36.2 Å². The third-order valence-corrected chi connectivity index (χ3v) is 5.20. The SMILES string of the molecule is CCCOc1ccc(NC(=O)C(=O)N/N=C\c2ccc(OCc3c(Cl)cccc3Cl)cc2)cc1. The van der Waals surface area contributed by atoms with Crippen LogP contribution in [0.4, 0.5) is 5.69 Å². The van der Waals surface area contributed by atoms with E-state index in [0.29, 0.717) is 45.0 Å². The first-order chi connectivity index (χ1) is 16.5. The van der Waals surface area contributed by atoms with E-state index in [9.17, 15) is 9.59 Å². The molecule has 0 aromatic heterocycles. The number of halogens is 2. The van der Waals surface area contributed by atoms with Gasteiger partial charge in [-0.2, -0.15) is 5.10 Å². The van der Waals surface area contributed by atoms with Crippen LogP contribution in [0.2, 0.25) is 10.0 Å². The van der Waals surface area contributed by atoms with Crippen molar-refractivity contribution in [2.45, 2.75) is 20.0 Å². The summed E-state index contributed by atoms with van der Waals surface area (Å²) in [5, 5.41) is 7.39. The molecule has 3 aromatic carbocycles. The summed E-state index contributed by atoms with van der Waals surface area (Å²) in [5.41, 5.74) is 4.08. The van der Waals surface area contributed by atoms with E-state index in [-0.39, 0.29) is 6.61 Å². The van der Waals surface area contributed by atoms with Gasteiger partial charge in [0.2, 0.25) is 0 Å². The van der Waals surface area contributed by atoms with Crippen LogP contribution in [-0.4, -0.2) is 24.6 Å². The van der Waals surface area contributed by atoms with Gasteiger partial charge in [-0.3, -0.25) is 9.59 Å². The molecule has 2 N–H and O–H groups in total. The first kappa shape index (κ1) is 25.1. The number of hydrogen-bond donors (Lipinski definition) is 2. The van der Waals surface area contributed by atoms with Gasteiger partial charge in [0.1, 0.15) is 18.1 Å². The van der Waals surface area contributed by atoms with Crippen LogP contribution < -0.4 is 20.2 Å².